The summed E-state index contributed by atoms with van der Waals surface area (Å²) >= 11 is 3.36. The van der Waals surface area contributed by atoms with Gasteiger partial charge in [-0.25, -0.2) is 0 Å². The van der Waals surface area contributed by atoms with Crippen molar-refractivity contribution >= 4 is 15.9 Å². The highest BCUT2D eigenvalue weighted by molar-refractivity contribution is 9.10. The molecule has 1 unspecified atom stereocenters. The van der Waals surface area contributed by atoms with E-state index in [2.05, 4.69) is 20.9 Å². The smallest absolute Gasteiger partial charge is 0.119 e. The van der Waals surface area contributed by atoms with Crippen LogP contribution in [0, 0.1) is 6.92 Å². The molecule has 0 spiro atoms. The van der Waals surface area contributed by atoms with Crippen molar-refractivity contribution in [2.45, 2.75) is 13.0 Å². The topological polar surface area (TPSA) is 48.1 Å². The quantitative estimate of drug-likeness (QED) is 0.947. The monoisotopic (exact) mass is 306 g/mol. The molecule has 0 saturated heterocycles. The van der Waals surface area contributed by atoms with E-state index in [1.165, 1.54) is 0 Å². The number of ether oxygens (including phenoxy) is 1. The van der Waals surface area contributed by atoms with Crippen molar-refractivity contribution < 1.29 is 4.74 Å². The van der Waals surface area contributed by atoms with Crippen molar-refractivity contribution in [3.63, 3.8) is 0 Å². The van der Waals surface area contributed by atoms with Crippen molar-refractivity contribution in [1.29, 1.82) is 0 Å². The summed E-state index contributed by atoms with van der Waals surface area (Å²) in [6.45, 7) is 2.02. The summed E-state index contributed by atoms with van der Waals surface area (Å²) in [7, 11) is 1.66. The lowest BCUT2D eigenvalue weighted by Crippen LogP contribution is -2.14. The lowest BCUT2D eigenvalue weighted by Gasteiger charge is -2.15. The molecule has 0 aliphatic rings. The zero-order chi connectivity index (χ0) is 13.1. The summed E-state index contributed by atoms with van der Waals surface area (Å²) in [4.78, 5) is 4.34. The van der Waals surface area contributed by atoms with Gasteiger partial charge in [-0.15, -0.1) is 0 Å². The second kappa shape index (κ2) is 5.50. The number of aryl methyl sites for hydroxylation is 1. The fourth-order valence-electron chi connectivity index (χ4n) is 1.85. The van der Waals surface area contributed by atoms with Crippen LogP contribution in [0.2, 0.25) is 0 Å². The molecule has 2 aromatic rings. The number of nitrogens with zero attached hydrogens (tertiary/aromatic N) is 1. The maximum absolute atomic E-state index is 6.24. The maximum atomic E-state index is 6.24. The molecule has 0 bridgehead atoms. The lowest BCUT2D eigenvalue weighted by molar-refractivity contribution is 0.414. The van der Waals surface area contributed by atoms with E-state index in [1.807, 2.05) is 37.3 Å². The van der Waals surface area contributed by atoms with Crippen LogP contribution in [0.4, 0.5) is 0 Å². The van der Waals surface area contributed by atoms with Gasteiger partial charge < -0.3 is 10.5 Å². The van der Waals surface area contributed by atoms with E-state index in [1.54, 1.807) is 13.3 Å². The number of hydrogen-bond acceptors (Lipinski definition) is 3. The molecule has 94 valence electrons. The van der Waals surface area contributed by atoms with Crippen molar-refractivity contribution in [3.05, 3.63) is 57.8 Å². The minimum absolute atomic E-state index is 0.219. The van der Waals surface area contributed by atoms with Gasteiger partial charge in [0.15, 0.2) is 0 Å². The third kappa shape index (κ3) is 2.71. The van der Waals surface area contributed by atoms with E-state index >= 15 is 0 Å². The van der Waals surface area contributed by atoms with Crippen LogP contribution in [0.25, 0.3) is 0 Å². The Hall–Kier alpha value is -1.39. The average molecular weight is 307 g/mol. The molecule has 4 heteroatoms. The van der Waals surface area contributed by atoms with E-state index in [0.717, 1.165) is 27.0 Å². The van der Waals surface area contributed by atoms with Gasteiger partial charge in [0.2, 0.25) is 0 Å². The summed E-state index contributed by atoms with van der Waals surface area (Å²) in [5.74, 6) is 0.840. The second-order valence-electron chi connectivity index (χ2n) is 4.10. The van der Waals surface area contributed by atoms with Gasteiger partial charge in [0.25, 0.3) is 0 Å². The molecular formula is C14H15BrN2O. The molecule has 3 nitrogen and oxygen atoms in total. The molecule has 2 rings (SSSR count). The minimum Gasteiger partial charge on any atom is -0.497 e. The Morgan fingerprint density at radius 3 is 2.61 bits per heavy atom. The Balaban J connectivity index is 2.33. The largest absolute Gasteiger partial charge is 0.497 e. The zero-order valence-electron chi connectivity index (χ0n) is 10.4. The van der Waals surface area contributed by atoms with Crippen LogP contribution in [0.5, 0.6) is 5.75 Å². The molecule has 0 radical (unpaired) electrons. The van der Waals surface area contributed by atoms with Crippen LogP contribution in [-0.2, 0) is 0 Å². The zero-order valence-corrected chi connectivity index (χ0v) is 11.9. The standard InChI is InChI=1S/C14H15BrN2O/c1-9-7-11(18-2)4-5-12(9)14(16)13-6-3-10(15)8-17-13/h3-8,14H,16H2,1-2H3. The summed E-state index contributed by atoms with van der Waals surface area (Å²) in [5, 5.41) is 0. The predicted molar refractivity (Wildman–Crippen MR) is 75.7 cm³/mol. The van der Waals surface area contributed by atoms with E-state index in [-0.39, 0.29) is 6.04 Å². The van der Waals surface area contributed by atoms with Gasteiger partial charge in [-0.2, -0.15) is 0 Å². The van der Waals surface area contributed by atoms with E-state index in [4.69, 9.17) is 10.5 Å². The Bertz CT molecular complexity index is 540. The fraction of sp³-hybridized carbons (Fsp3) is 0.214. The number of aromatic nitrogens is 1. The molecule has 1 atom stereocenters. The number of halogens is 1. The number of benzene rings is 1. The molecular weight excluding hydrogens is 292 g/mol. The highest BCUT2D eigenvalue weighted by Crippen LogP contribution is 2.25. The third-order valence-corrected chi connectivity index (χ3v) is 3.35. The highest BCUT2D eigenvalue weighted by Gasteiger charge is 2.13. The van der Waals surface area contributed by atoms with E-state index < -0.39 is 0 Å². The Morgan fingerprint density at radius 1 is 1.28 bits per heavy atom. The minimum atomic E-state index is -0.219. The summed E-state index contributed by atoms with van der Waals surface area (Å²) in [6, 6.07) is 9.54. The normalized spacial score (nSPS) is 12.2. The Kier molecular flexibility index (Phi) is 3.99. The first-order chi connectivity index (χ1) is 8.61. The van der Waals surface area contributed by atoms with Gasteiger partial charge in [0.1, 0.15) is 5.75 Å². The number of rotatable bonds is 3. The molecule has 0 fully saturated rings. The average Bonchev–Trinajstić information content (AvgIpc) is 2.38. The molecule has 1 heterocycles. The summed E-state index contributed by atoms with van der Waals surface area (Å²) < 4.78 is 6.14. The van der Waals surface area contributed by atoms with Crippen molar-refractivity contribution in [2.75, 3.05) is 7.11 Å². The lowest BCUT2D eigenvalue weighted by atomic mass is 9.99. The van der Waals surface area contributed by atoms with Gasteiger partial charge in [-0.3, -0.25) is 4.98 Å². The van der Waals surface area contributed by atoms with Crippen LogP contribution < -0.4 is 10.5 Å². The van der Waals surface area contributed by atoms with E-state index in [0.29, 0.717) is 0 Å². The SMILES string of the molecule is COc1ccc(C(N)c2ccc(Br)cn2)c(C)c1. The predicted octanol–water partition coefficient (Wildman–Crippen LogP) is 3.21. The molecule has 0 amide bonds. The highest BCUT2D eigenvalue weighted by atomic mass is 79.9. The van der Waals surface area contributed by atoms with Crippen LogP contribution in [0.15, 0.2) is 41.0 Å². The maximum Gasteiger partial charge on any atom is 0.119 e. The Labute approximate surface area is 115 Å². The molecule has 1 aromatic carbocycles. The fourth-order valence-corrected chi connectivity index (χ4v) is 2.09. The van der Waals surface area contributed by atoms with Gasteiger partial charge >= 0.3 is 0 Å². The van der Waals surface area contributed by atoms with Crippen LogP contribution in [0.1, 0.15) is 22.9 Å². The van der Waals surface area contributed by atoms with Gasteiger partial charge in [-0.1, -0.05) is 6.07 Å². The first-order valence-corrected chi connectivity index (χ1v) is 6.42. The van der Waals surface area contributed by atoms with Crippen molar-refractivity contribution in [2.24, 2.45) is 5.73 Å². The van der Waals surface area contributed by atoms with Gasteiger partial charge in [-0.05, 0) is 58.2 Å². The number of nitrogens with two attached hydrogens (primary N) is 1. The number of hydrogen-bond donors (Lipinski definition) is 1. The van der Waals surface area contributed by atoms with Crippen molar-refractivity contribution in [3.8, 4) is 5.75 Å². The third-order valence-electron chi connectivity index (χ3n) is 2.88. The molecule has 1 aromatic heterocycles. The van der Waals surface area contributed by atoms with Crippen LogP contribution in [-0.4, -0.2) is 12.1 Å². The molecule has 2 N–H and O–H groups in total. The first-order valence-electron chi connectivity index (χ1n) is 5.63. The molecule has 0 aliphatic heterocycles. The van der Waals surface area contributed by atoms with Gasteiger partial charge in [0.05, 0.1) is 18.8 Å². The van der Waals surface area contributed by atoms with Crippen molar-refractivity contribution in [1.82, 2.24) is 4.98 Å². The molecule has 0 aliphatic carbocycles. The number of methoxy groups -OCH3 is 1. The molecule has 18 heavy (non-hydrogen) atoms. The first kappa shape index (κ1) is 13.1. The van der Waals surface area contributed by atoms with Gasteiger partial charge in [0, 0.05) is 10.7 Å². The number of pyridine rings is 1. The van der Waals surface area contributed by atoms with E-state index in [9.17, 15) is 0 Å². The summed E-state index contributed by atoms with van der Waals surface area (Å²) in [6.07, 6.45) is 1.76. The Morgan fingerprint density at radius 2 is 2.06 bits per heavy atom. The molecule has 0 saturated carbocycles. The second-order valence-corrected chi connectivity index (χ2v) is 5.02. The summed E-state index contributed by atoms with van der Waals surface area (Å²) in [5.41, 5.74) is 9.26. The van der Waals surface area contributed by atoms with Crippen LogP contribution in [0.3, 0.4) is 0 Å². The van der Waals surface area contributed by atoms with Crippen LogP contribution >= 0.6 is 15.9 Å².